The van der Waals surface area contributed by atoms with Gasteiger partial charge in [0.1, 0.15) is 0 Å². The fourth-order valence-electron chi connectivity index (χ4n) is 1.81. The zero-order valence-electron chi connectivity index (χ0n) is 9.03. The fourth-order valence-corrected chi connectivity index (χ4v) is 2.38. The Kier molecular flexibility index (Phi) is 5.25. The van der Waals surface area contributed by atoms with Crippen molar-refractivity contribution in [2.45, 2.75) is 12.5 Å². The van der Waals surface area contributed by atoms with Crippen molar-refractivity contribution in [3.8, 4) is 0 Å². The summed E-state index contributed by atoms with van der Waals surface area (Å²) in [5.41, 5.74) is 6.31. The zero-order valence-corrected chi connectivity index (χ0v) is 12.2. The number of hydrogen-bond acceptors (Lipinski definition) is 2. The van der Waals surface area contributed by atoms with Gasteiger partial charge in [-0.05, 0) is 34.5 Å². The van der Waals surface area contributed by atoms with Crippen molar-refractivity contribution in [1.29, 1.82) is 0 Å². The highest BCUT2D eigenvalue weighted by atomic mass is 79.9. The second-order valence-electron chi connectivity index (χ2n) is 3.90. The highest BCUT2D eigenvalue weighted by Crippen LogP contribution is 2.27. The van der Waals surface area contributed by atoms with Gasteiger partial charge in [-0.15, -0.1) is 12.4 Å². The Balaban J connectivity index is 0.00000144. The van der Waals surface area contributed by atoms with Crippen molar-refractivity contribution >= 4 is 45.8 Å². The van der Waals surface area contributed by atoms with Crippen LogP contribution in [-0.4, -0.2) is 29.9 Å². The van der Waals surface area contributed by atoms with E-state index in [0.29, 0.717) is 23.7 Å². The quantitative estimate of drug-likeness (QED) is 0.855. The number of halogens is 3. The summed E-state index contributed by atoms with van der Waals surface area (Å²) in [6.07, 6.45) is 0.858. The molecule has 94 valence electrons. The number of hydrogen-bond donors (Lipinski definition) is 1. The molecule has 0 radical (unpaired) electrons. The molecule has 1 aromatic carbocycles. The van der Waals surface area contributed by atoms with Crippen LogP contribution in [-0.2, 0) is 0 Å². The molecule has 1 aliphatic rings. The molecule has 3 nitrogen and oxygen atoms in total. The Bertz CT molecular complexity index is 428. The summed E-state index contributed by atoms with van der Waals surface area (Å²) >= 11 is 9.38. The van der Waals surface area contributed by atoms with Crippen molar-refractivity contribution in [2.24, 2.45) is 5.73 Å². The summed E-state index contributed by atoms with van der Waals surface area (Å²) in [5.74, 6) is -0.0424. The number of amides is 1. The minimum atomic E-state index is -0.0424. The van der Waals surface area contributed by atoms with Crippen LogP contribution in [0.5, 0.6) is 0 Å². The third-order valence-electron chi connectivity index (χ3n) is 2.69. The Hall–Kier alpha value is -0.290. The van der Waals surface area contributed by atoms with Gasteiger partial charge in [0, 0.05) is 23.6 Å². The average Bonchev–Trinajstić information content (AvgIpc) is 2.68. The monoisotopic (exact) mass is 338 g/mol. The maximum absolute atomic E-state index is 12.1. The molecule has 2 rings (SSSR count). The van der Waals surface area contributed by atoms with Crippen LogP contribution < -0.4 is 5.73 Å². The molecule has 0 bridgehead atoms. The molecule has 0 spiro atoms. The van der Waals surface area contributed by atoms with E-state index in [-0.39, 0.29) is 24.4 Å². The lowest BCUT2D eigenvalue weighted by Crippen LogP contribution is -2.32. The van der Waals surface area contributed by atoms with Crippen LogP contribution in [0.25, 0.3) is 0 Å². The number of nitrogens with zero attached hydrogens (tertiary/aromatic N) is 1. The fraction of sp³-hybridized carbons (Fsp3) is 0.364. The number of benzene rings is 1. The molecule has 1 amide bonds. The molecule has 1 heterocycles. The molecule has 1 saturated heterocycles. The molecule has 1 fully saturated rings. The van der Waals surface area contributed by atoms with Gasteiger partial charge in [0.05, 0.1) is 10.6 Å². The highest BCUT2D eigenvalue weighted by molar-refractivity contribution is 9.10. The SMILES string of the molecule is Cl.NC1CCN(C(=O)c2cccc(Br)c2Cl)C1. The predicted molar refractivity (Wildman–Crippen MR) is 74.9 cm³/mol. The summed E-state index contributed by atoms with van der Waals surface area (Å²) in [7, 11) is 0. The Morgan fingerprint density at radius 3 is 2.82 bits per heavy atom. The van der Waals surface area contributed by atoms with Gasteiger partial charge in [0.15, 0.2) is 0 Å². The maximum atomic E-state index is 12.1. The molecule has 1 unspecified atom stereocenters. The van der Waals surface area contributed by atoms with Gasteiger partial charge in [-0.25, -0.2) is 0 Å². The van der Waals surface area contributed by atoms with Gasteiger partial charge in [-0.2, -0.15) is 0 Å². The molecule has 0 aliphatic carbocycles. The minimum Gasteiger partial charge on any atom is -0.337 e. The largest absolute Gasteiger partial charge is 0.337 e. The molecular formula is C11H13BrCl2N2O. The lowest BCUT2D eigenvalue weighted by molar-refractivity contribution is 0.0791. The smallest absolute Gasteiger partial charge is 0.255 e. The van der Waals surface area contributed by atoms with E-state index < -0.39 is 0 Å². The van der Waals surface area contributed by atoms with Crippen LogP contribution in [0.3, 0.4) is 0 Å². The van der Waals surface area contributed by atoms with Gasteiger partial charge in [-0.3, -0.25) is 4.79 Å². The van der Waals surface area contributed by atoms with Crippen LogP contribution in [0.15, 0.2) is 22.7 Å². The molecule has 1 aliphatic heterocycles. The first kappa shape index (κ1) is 14.8. The van der Waals surface area contributed by atoms with Crippen LogP contribution in [0.2, 0.25) is 5.02 Å². The van der Waals surface area contributed by atoms with E-state index in [2.05, 4.69) is 15.9 Å². The van der Waals surface area contributed by atoms with Crippen LogP contribution in [0.1, 0.15) is 16.8 Å². The minimum absolute atomic E-state index is 0. The lowest BCUT2D eigenvalue weighted by Gasteiger charge is -2.16. The maximum Gasteiger partial charge on any atom is 0.255 e. The van der Waals surface area contributed by atoms with Gasteiger partial charge >= 0.3 is 0 Å². The van der Waals surface area contributed by atoms with E-state index in [9.17, 15) is 4.79 Å². The summed E-state index contributed by atoms with van der Waals surface area (Å²) in [4.78, 5) is 13.9. The Morgan fingerprint density at radius 1 is 1.53 bits per heavy atom. The molecule has 2 N–H and O–H groups in total. The van der Waals surface area contributed by atoms with Gasteiger partial charge in [-0.1, -0.05) is 17.7 Å². The second-order valence-corrected chi connectivity index (χ2v) is 5.13. The van der Waals surface area contributed by atoms with E-state index in [4.69, 9.17) is 17.3 Å². The third-order valence-corrected chi connectivity index (χ3v) is 3.99. The molecule has 1 aromatic rings. The standard InChI is InChI=1S/C11H12BrClN2O.ClH/c12-9-3-1-2-8(10(9)13)11(16)15-5-4-7(14)6-15;/h1-3,7H,4-6,14H2;1H. The molecule has 0 aromatic heterocycles. The van der Waals surface area contributed by atoms with Gasteiger partial charge in [0.2, 0.25) is 0 Å². The zero-order chi connectivity index (χ0) is 11.7. The van der Waals surface area contributed by atoms with Gasteiger partial charge < -0.3 is 10.6 Å². The van der Waals surface area contributed by atoms with E-state index in [1.807, 2.05) is 6.07 Å². The number of carbonyl (C=O) groups excluding carboxylic acids is 1. The summed E-state index contributed by atoms with van der Waals surface area (Å²) in [6.45, 7) is 1.32. The number of rotatable bonds is 1. The second kappa shape index (κ2) is 6.05. The number of likely N-dealkylation sites (tertiary alicyclic amines) is 1. The molecular weight excluding hydrogens is 327 g/mol. The lowest BCUT2D eigenvalue weighted by atomic mass is 10.2. The summed E-state index contributed by atoms with van der Waals surface area (Å²) < 4.78 is 0.739. The first-order valence-electron chi connectivity index (χ1n) is 5.08. The van der Waals surface area contributed by atoms with Gasteiger partial charge in [0.25, 0.3) is 5.91 Å². The molecule has 17 heavy (non-hydrogen) atoms. The van der Waals surface area contributed by atoms with E-state index in [1.165, 1.54) is 0 Å². The normalized spacial score (nSPS) is 19.0. The number of nitrogens with two attached hydrogens (primary N) is 1. The Morgan fingerprint density at radius 2 is 2.24 bits per heavy atom. The van der Waals surface area contributed by atoms with Crippen LogP contribution >= 0.6 is 39.9 Å². The van der Waals surface area contributed by atoms with Crippen molar-refractivity contribution in [3.63, 3.8) is 0 Å². The van der Waals surface area contributed by atoms with Crippen molar-refractivity contribution < 1.29 is 4.79 Å². The average molecular weight is 340 g/mol. The van der Waals surface area contributed by atoms with Crippen molar-refractivity contribution in [2.75, 3.05) is 13.1 Å². The van der Waals surface area contributed by atoms with Crippen molar-refractivity contribution in [1.82, 2.24) is 4.90 Å². The highest BCUT2D eigenvalue weighted by Gasteiger charge is 2.26. The van der Waals surface area contributed by atoms with Crippen molar-refractivity contribution in [3.05, 3.63) is 33.3 Å². The topological polar surface area (TPSA) is 46.3 Å². The Labute approximate surface area is 120 Å². The molecule has 1 atom stereocenters. The third kappa shape index (κ3) is 3.13. The first-order valence-corrected chi connectivity index (χ1v) is 6.25. The van der Waals surface area contributed by atoms with E-state index in [0.717, 1.165) is 10.9 Å². The molecule has 0 saturated carbocycles. The summed E-state index contributed by atoms with van der Waals surface area (Å²) in [5, 5.41) is 0.466. The molecule has 6 heteroatoms. The number of carbonyl (C=O) groups is 1. The van der Waals surface area contributed by atoms with Crippen LogP contribution in [0, 0.1) is 0 Å². The van der Waals surface area contributed by atoms with E-state index >= 15 is 0 Å². The van der Waals surface area contributed by atoms with E-state index in [1.54, 1.807) is 17.0 Å². The first-order chi connectivity index (χ1) is 7.59. The summed E-state index contributed by atoms with van der Waals surface area (Å²) in [6, 6.07) is 5.45. The van der Waals surface area contributed by atoms with Crippen LogP contribution in [0.4, 0.5) is 0 Å². The predicted octanol–water partition coefficient (Wildman–Crippen LogP) is 2.70.